The van der Waals surface area contributed by atoms with Crippen molar-refractivity contribution in [2.24, 2.45) is 0 Å². The highest BCUT2D eigenvalue weighted by Crippen LogP contribution is 2.22. The van der Waals surface area contributed by atoms with Crippen molar-refractivity contribution in [2.75, 3.05) is 13.6 Å². The molecule has 0 aliphatic rings. The molecule has 1 atom stereocenters. The van der Waals surface area contributed by atoms with E-state index in [0.717, 1.165) is 13.0 Å². The molecule has 0 aliphatic carbocycles. The van der Waals surface area contributed by atoms with Crippen molar-refractivity contribution in [1.29, 1.82) is 0 Å². The zero-order valence-corrected chi connectivity index (χ0v) is 10.0. The molecule has 1 heteroatoms. The van der Waals surface area contributed by atoms with Gasteiger partial charge in [-0.25, -0.2) is 0 Å². The standard InChI is InChI=1S/C14H21N/c1-5-12(3)14-10-11(2)6-7-13(14)8-9-15-4/h5-7,10,12,15H,1,8-9H2,2-4H3. The van der Waals surface area contributed by atoms with Gasteiger partial charge in [-0.05, 0) is 44.0 Å². The monoisotopic (exact) mass is 203 g/mol. The maximum atomic E-state index is 3.87. The van der Waals surface area contributed by atoms with Crippen molar-refractivity contribution < 1.29 is 0 Å². The van der Waals surface area contributed by atoms with Crippen molar-refractivity contribution in [3.8, 4) is 0 Å². The smallest absolute Gasteiger partial charge is 0.00103 e. The fourth-order valence-corrected chi connectivity index (χ4v) is 1.75. The molecule has 1 rings (SSSR count). The van der Waals surface area contributed by atoms with Gasteiger partial charge in [-0.2, -0.15) is 0 Å². The number of rotatable bonds is 5. The van der Waals surface area contributed by atoms with Crippen molar-refractivity contribution in [2.45, 2.75) is 26.2 Å². The van der Waals surface area contributed by atoms with E-state index in [2.05, 4.69) is 43.9 Å². The lowest BCUT2D eigenvalue weighted by atomic mass is 9.92. The molecule has 82 valence electrons. The Hall–Kier alpha value is -1.08. The topological polar surface area (TPSA) is 12.0 Å². The number of nitrogens with one attached hydrogen (secondary N) is 1. The molecular formula is C14H21N. The first-order valence-corrected chi connectivity index (χ1v) is 5.55. The Balaban J connectivity index is 2.97. The number of hydrogen-bond donors (Lipinski definition) is 1. The number of allylic oxidation sites excluding steroid dienone is 1. The molecule has 0 saturated carbocycles. The first kappa shape index (κ1) is 12.0. The number of benzene rings is 1. The quantitative estimate of drug-likeness (QED) is 0.725. The molecule has 1 aromatic carbocycles. The summed E-state index contributed by atoms with van der Waals surface area (Å²) in [6, 6.07) is 6.70. The maximum absolute atomic E-state index is 3.87. The summed E-state index contributed by atoms with van der Waals surface area (Å²) >= 11 is 0. The predicted octanol–water partition coefficient (Wildman–Crippen LogP) is 3.05. The molecule has 1 aromatic rings. The number of hydrogen-bond acceptors (Lipinski definition) is 1. The molecule has 0 spiro atoms. The molecule has 0 fully saturated rings. The minimum atomic E-state index is 0.441. The lowest BCUT2D eigenvalue weighted by Gasteiger charge is -2.14. The van der Waals surface area contributed by atoms with Crippen LogP contribution in [0.15, 0.2) is 30.9 Å². The maximum Gasteiger partial charge on any atom is -0.00103 e. The molecule has 0 amide bonds. The summed E-state index contributed by atoms with van der Waals surface area (Å²) in [5.74, 6) is 0.441. The molecule has 0 aromatic heterocycles. The highest BCUT2D eigenvalue weighted by molar-refractivity contribution is 5.36. The van der Waals surface area contributed by atoms with Crippen LogP contribution in [0.2, 0.25) is 0 Å². The van der Waals surface area contributed by atoms with Crippen LogP contribution in [0.5, 0.6) is 0 Å². The van der Waals surface area contributed by atoms with Crippen molar-refractivity contribution >= 4 is 0 Å². The van der Waals surface area contributed by atoms with Crippen LogP contribution in [-0.2, 0) is 6.42 Å². The van der Waals surface area contributed by atoms with Crippen molar-refractivity contribution in [3.63, 3.8) is 0 Å². The van der Waals surface area contributed by atoms with Crippen molar-refractivity contribution in [3.05, 3.63) is 47.5 Å². The van der Waals surface area contributed by atoms with Crippen LogP contribution in [0.4, 0.5) is 0 Å². The van der Waals surface area contributed by atoms with Gasteiger partial charge in [-0.3, -0.25) is 0 Å². The van der Waals surface area contributed by atoms with Gasteiger partial charge in [-0.15, -0.1) is 6.58 Å². The van der Waals surface area contributed by atoms with Crippen molar-refractivity contribution in [1.82, 2.24) is 5.32 Å². The van der Waals surface area contributed by atoms with E-state index in [1.165, 1.54) is 16.7 Å². The van der Waals surface area contributed by atoms with Crippen LogP contribution in [0.25, 0.3) is 0 Å². The van der Waals surface area contributed by atoms with Crippen LogP contribution in [-0.4, -0.2) is 13.6 Å². The first-order valence-electron chi connectivity index (χ1n) is 5.55. The van der Waals surface area contributed by atoms with E-state index in [0.29, 0.717) is 5.92 Å². The van der Waals surface area contributed by atoms with E-state index in [1.807, 2.05) is 13.1 Å². The van der Waals surface area contributed by atoms with Gasteiger partial charge in [-0.1, -0.05) is 36.8 Å². The van der Waals surface area contributed by atoms with Gasteiger partial charge < -0.3 is 5.32 Å². The lowest BCUT2D eigenvalue weighted by Crippen LogP contribution is -2.12. The summed E-state index contributed by atoms with van der Waals surface area (Å²) in [6.45, 7) is 9.24. The molecule has 0 aliphatic heterocycles. The normalized spacial score (nSPS) is 12.5. The lowest BCUT2D eigenvalue weighted by molar-refractivity contribution is 0.779. The van der Waals surface area contributed by atoms with Gasteiger partial charge in [0.2, 0.25) is 0 Å². The third-order valence-corrected chi connectivity index (χ3v) is 2.79. The minimum absolute atomic E-state index is 0.441. The van der Waals surface area contributed by atoms with E-state index in [1.54, 1.807) is 0 Å². The zero-order chi connectivity index (χ0) is 11.3. The third-order valence-electron chi connectivity index (χ3n) is 2.79. The largest absolute Gasteiger partial charge is 0.319 e. The third kappa shape index (κ3) is 3.21. The molecule has 15 heavy (non-hydrogen) atoms. The summed E-state index contributed by atoms with van der Waals surface area (Å²) in [4.78, 5) is 0. The van der Waals surface area contributed by atoms with Crippen LogP contribution in [0, 0.1) is 6.92 Å². The Labute approximate surface area is 93.2 Å². The molecule has 1 N–H and O–H groups in total. The van der Waals surface area contributed by atoms with E-state index in [-0.39, 0.29) is 0 Å². The molecule has 1 nitrogen and oxygen atoms in total. The van der Waals surface area contributed by atoms with Gasteiger partial charge in [0.1, 0.15) is 0 Å². The Morgan fingerprint density at radius 1 is 1.47 bits per heavy atom. The van der Waals surface area contributed by atoms with Crippen LogP contribution < -0.4 is 5.32 Å². The van der Waals surface area contributed by atoms with E-state index in [9.17, 15) is 0 Å². The molecule has 0 radical (unpaired) electrons. The summed E-state index contributed by atoms with van der Waals surface area (Å²) in [6.07, 6.45) is 3.10. The Bertz CT molecular complexity index is 328. The predicted molar refractivity (Wildman–Crippen MR) is 67.4 cm³/mol. The Morgan fingerprint density at radius 2 is 2.20 bits per heavy atom. The van der Waals surface area contributed by atoms with Gasteiger partial charge in [0, 0.05) is 0 Å². The van der Waals surface area contributed by atoms with E-state index < -0.39 is 0 Å². The second-order valence-corrected chi connectivity index (χ2v) is 4.08. The molecular weight excluding hydrogens is 182 g/mol. The number of likely N-dealkylation sites (N-methyl/N-ethyl adjacent to an activating group) is 1. The molecule has 0 bridgehead atoms. The van der Waals surface area contributed by atoms with Crippen LogP contribution in [0.3, 0.4) is 0 Å². The van der Waals surface area contributed by atoms with Crippen LogP contribution >= 0.6 is 0 Å². The summed E-state index contributed by atoms with van der Waals surface area (Å²) in [5.41, 5.74) is 4.18. The first-order chi connectivity index (χ1) is 7.19. The SMILES string of the molecule is C=CC(C)c1cc(C)ccc1CCNC. The minimum Gasteiger partial charge on any atom is -0.319 e. The Morgan fingerprint density at radius 3 is 2.80 bits per heavy atom. The Kier molecular flexibility index (Phi) is 4.57. The molecule has 0 saturated heterocycles. The zero-order valence-electron chi connectivity index (χ0n) is 10.0. The van der Waals surface area contributed by atoms with E-state index >= 15 is 0 Å². The highest BCUT2D eigenvalue weighted by Gasteiger charge is 2.07. The van der Waals surface area contributed by atoms with Gasteiger partial charge in [0.15, 0.2) is 0 Å². The fraction of sp³-hybridized carbons (Fsp3) is 0.429. The second kappa shape index (κ2) is 5.72. The fourth-order valence-electron chi connectivity index (χ4n) is 1.75. The average Bonchev–Trinajstić information content (AvgIpc) is 2.26. The van der Waals surface area contributed by atoms with Gasteiger partial charge in [0.25, 0.3) is 0 Å². The van der Waals surface area contributed by atoms with Gasteiger partial charge in [0.05, 0.1) is 0 Å². The van der Waals surface area contributed by atoms with Gasteiger partial charge >= 0.3 is 0 Å². The van der Waals surface area contributed by atoms with Crippen LogP contribution in [0.1, 0.15) is 29.5 Å². The average molecular weight is 203 g/mol. The number of aryl methyl sites for hydroxylation is 1. The molecule has 1 unspecified atom stereocenters. The summed E-state index contributed by atoms with van der Waals surface area (Å²) in [5, 5.41) is 3.19. The summed E-state index contributed by atoms with van der Waals surface area (Å²) in [7, 11) is 1.99. The van der Waals surface area contributed by atoms with E-state index in [4.69, 9.17) is 0 Å². The summed E-state index contributed by atoms with van der Waals surface area (Å²) < 4.78 is 0. The molecule has 0 heterocycles. The second-order valence-electron chi connectivity index (χ2n) is 4.08. The highest BCUT2D eigenvalue weighted by atomic mass is 14.8.